The number of carbonyl (C=O) groups excluding carboxylic acids is 1. The molecule has 84 valence electrons. The van der Waals surface area contributed by atoms with Crippen molar-refractivity contribution in [3.05, 3.63) is 47.5 Å². The number of carbonyl (C=O) groups is 1. The van der Waals surface area contributed by atoms with Crippen molar-refractivity contribution in [2.45, 2.75) is 32.6 Å². The van der Waals surface area contributed by atoms with E-state index in [1.165, 1.54) is 11.1 Å². The van der Waals surface area contributed by atoms with Crippen LogP contribution < -0.4 is 0 Å². The number of hydrogen-bond donors (Lipinski definition) is 0. The lowest BCUT2D eigenvalue weighted by molar-refractivity contribution is -0.116. The van der Waals surface area contributed by atoms with Gasteiger partial charge in [-0.25, -0.2) is 0 Å². The second-order valence-corrected chi connectivity index (χ2v) is 4.76. The maximum atomic E-state index is 11.4. The molecule has 1 heteroatoms. The molecule has 0 saturated carbocycles. The molecule has 0 saturated heterocycles. The number of rotatable bonds is 3. The summed E-state index contributed by atoms with van der Waals surface area (Å²) in [5.74, 6) is 0.861. The fourth-order valence-corrected chi connectivity index (χ4v) is 2.42. The van der Waals surface area contributed by atoms with Gasteiger partial charge in [0.1, 0.15) is 0 Å². The molecule has 1 aliphatic rings. The third-order valence-electron chi connectivity index (χ3n) is 3.19. The normalized spacial score (nSPS) is 20.7. The Balaban J connectivity index is 1.88. The smallest absolute Gasteiger partial charge is 0.155 e. The molecule has 0 spiro atoms. The predicted octanol–water partition coefficient (Wildman–Crippen LogP) is 3.54. The van der Waals surface area contributed by atoms with Gasteiger partial charge in [-0.3, -0.25) is 4.79 Å². The highest BCUT2D eigenvalue weighted by molar-refractivity contribution is 5.91. The average Bonchev–Trinajstić information content (AvgIpc) is 2.27. The monoisotopic (exact) mass is 214 g/mol. The van der Waals surface area contributed by atoms with Crippen LogP contribution in [0, 0.1) is 5.92 Å². The van der Waals surface area contributed by atoms with Gasteiger partial charge in [-0.05, 0) is 43.7 Å². The molecular weight excluding hydrogens is 196 g/mol. The summed E-state index contributed by atoms with van der Waals surface area (Å²) in [7, 11) is 0. The Hall–Kier alpha value is -1.37. The molecule has 16 heavy (non-hydrogen) atoms. The highest BCUT2D eigenvalue weighted by atomic mass is 16.1. The quantitative estimate of drug-likeness (QED) is 0.752. The second kappa shape index (κ2) is 5.11. The Morgan fingerprint density at radius 3 is 2.62 bits per heavy atom. The first kappa shape index (κ1) is 11.1. The fourth-order valence-electron chi connectivity index (χ4n) is 2.42. The van der Waals surface area contributed by atoms with Gasteiger partial charge in [-0.2, -0.15) is 0 Å². The van der Waals surface area contributed by atoms with Crippen LogP contribution in [0.25, 0.3) is 0 Å². The van der Waals surface area contributed by atoms with Gasteiger partial charge in [-0.15, -0.1) is 0 Å². The van der Waals surface area contributed by atoms with Crippen LogP contribution in [-0.2, 0) is 11.2 Å². The Morgan fingerprint density at radius 1 is 1.19 bits per heavy atom. The highest BCUT2D eigenvalue weighted by Gasteiger charge is 2.18. The van der Waals surface area contributed by atoms with Crippen LogP contribution in [0.5, 0.6) is 0 Å². The first-order valence-corrected chi connectivity index (χ1v) is 5.98. The van der Waals surface area contributed by atoms with Crippen molar-refractivity contribution in [3.8, 4) is 0 Å². The van der Waals surface area contributed by atoms with Crippen LogP contribution in [0.3, 0.4) is 0 Å². The first-order valence-electron chi connectivity index (χ1n) is 5.98. The summed E-state index contributed by atoms with van der Waals surface area (Å²) in [4.78, 5) is 11.4. The summed E-state index contributed by atoms with van der Waals surface area (Å²) in [5.41, 5.74) is 2.62. The molecule has 1 atom stereocenters. The predicted molar refractivity (Wildman–Crippen MR) is 66.3 cm³/mol. The van der Waals surface area contributed by atoms with Gasteiger partial charge in [0.25, 0.3) is 0 Å². The van der Waals surface area contributed by atoms with E-state index in [4.69, 9.17) is 0 Å². The van der Waals surface area contributed by atoms with Crippen LogP contribution in [0.1, 0.15) is 31.7 Å². The van der Waals surface area contributed by atoms with Gasteiger partial charge in [0, 0.05) is 6.42 Å². The van der Waals surface area contributed by atoms with E-state index in [1.54, 1.807) is 6.08 Å². The molecule has 0 unspecified atom stereocenters. The number of ketones is 1. The second-order valence-electron chi connectivity index (χ2n) is 4.76. The Morgan fingerprint density at radius 2 is 1.94 bits per heavy atom. The van der Waals surface area contributed by atoms with Gasteiger partial charge in [0.05, 0.1) is 0 Å². The first-order chi connectivity index (χ1) is 7.74. The van der Waals surface area contributed by atoms with E-state index in [1.807, 2.05) is 6.07 Å². The molecule has 1 aliphatic carbocycles. The summed E-state index contributed by atoms with van der Waals surface area (Å²) >= 11 is 0. The fraction of sp³-hybridized carbons (Fsp3) is 0.400. The molecular formula is C15H18O. The van der Waals surface area contributed by atoms with Gasteiger partial charge in [0.2, 0.25) is 0 Å². The summed E-state index contributed by atoms with van der Waals surface area (Å²) in [6.45, 7) is 2.06. The number of benzene rings is 1. The molecule has 0 aliphatic heterocycles. The number of aryl methyl sites for hydroxylation is 1. The minimum atomic E-state index is 0.307. The third kappa shape index (κ3) is 3.06. The summed E-state index contributed by atoms with van der Waals surface area (Å²) in [6, 6.07) is 10.5. The molecule has 0 N–H and O–H groups in total. The van der Waals surface area contributed by atoms with Crippen LogP contribution in [0.2, 0.25) is 0 Å². The van der Waals surface area contributed by atoms with Gasteiger partial charge < -0.3 is 0 Å². The maximum absolute atomic E-state index is 11.4. The Bertz CT molecular complexity index is 389. The molecule has 0 amide bonds. The zero-order valence-electron chi connectivity index (χ0n) is 9.78. The zero-order valence-corrected chi connectivity index (χ0v) is 9.78. The largest absolute Gasteiger partial charge is 0.295 e. The topological polar surface area (TPSA) is 17.1 Å². The van der Waals surface area contributed by atoms with Crippen molar-refractivity contribution in [2.75, 3.05) is 0 Å². The van der Waals surface area contributed by atoms with E-state index in [2.05, 4.69) is 31.2 Å². The molecule has 0 aromatic heterocycles. The zero-order chi connectivity index (χ0) is 11.4. The lowest BCUT2D eigenvalue weighted by Crippen LogP contribution is -2.13. The van der Waals surface area contributed by atoms with Crippen LogP contribution in [-0.4, -0.2) is 5.78 Å². The van der Waals surface area contributed by atoms with Gasteiger partial charge in [-0.1, -0.05) is 35.9 Å². The molecule has 0 heterocycles. The van der Waals surface area contributed by atoms with Crippen molar-refractivity contribution in [1.82, 2.24) is 0 Å². The van der Waals surface area contributed by atoms with Crippen molar-refractivity contribution < 1.29 is 4.79 Å². The summed E-state index contributed by atoms with van der Waals surface area (Å²) in [5, 5.41) is 0. The highest BCUT2D eigenvalue weighted by Crippen LogP contribution is 2.25. The molecule has 0 fully saturated rings. The van der Waals surface area contributed by atoms with E-state index >= 15 is 0 Å². The molecule has 1 aromatic rings. The van der Waals surface area contributed by atoms with E-state index in [9.17, 15) is 4.79 Å². The van der Waals surface area contributed by atoms with Gasteiger partial charge in [0.15, 0.2) is 5.78 Å². The van der Waals surface area contributed by atoms with Gasteiger partial charge >= 0.3 is 0 Å². The lowest BCUT2D eigenvalue weighted by Gasteiger charge is -2.19. The molecule has 0 radical (unpaired) electrons. The molecule has 0 bridgehead atoms. The Kier molecular flexibility index (Phi) is 3.55. The van der Waals surface area contributed by atoms with E-state index in [-0.39, 0.29) is 0 Å². The maximum Gasteiger partial charge on any atom is 0.155 e. The number of allylic oxidation sites excluding steroid dienone is 2. The number of hydrogen-bond acceptors (Lipinski definition) is 1. The minimum Gasteiger partial charge on any atom is -0.295 e. The summed E-state index contributed by atoms with van der Waals surface area (Å²) < 4.78 is 0. The van der Waals surface area contributed by atoms with Crippen LogP contribution in [0.4, 0.5) is 0 Å². The summed E-state index contributed by atoms with van der Waals surface area (Å²) in [6.07, 6.45) is 5.86. The van der Waals surface area contributed by atoms with Crippen LogP contribution >= 0.6 is 0 Å². The van der Waals surface area contributed by atoms with Crippen LogP contribution in [0.15, 0.2) is 42.0 Å². The lowest BCUT2D eigenvalue weighted by atomic mass is 9.85. The minimum absolute atomic E-state index is 0.307. The van der Waals surface area contributed by atoms with Crippen molar-refractivity contribution >= 4 is 5.78 Å². The third-order valence-corrected chi connectivity index (χ3v) is 3.19. The molecule has 1 nitrogen and oxygen atoms in total. The van der Waals surface area contributed by atoms with Crippen molar-refractivity contribution in [2.24, 2.45) is 5.92 Å². The van der Waals surface area contributed by atoms with Crippen molar-refractivity contribution in [1.29, 1.82) is 0 Å². The van der Waals surface area contributed by atoms with Crippen molar-refractivity contribution in [3.63, 3.8) is 0 Å². The van der Waals surface area contributed by atoms with E-state index < -0.39 is 0 Å². The molecule has 2 rings (SSSR count). The standard InChI is InChI=1S/C15H18O/c1-12-9-14(11-15(16)10-12)8-7-13-5-3-2-4-6-13/h2-6,10,14H,7-9,11H2,1H3/t14-/m0/s1. The van der Waals surface area contributed by atoms with E-state index in [0.717, 1.165) is 25.7 Å². The average molecular weight is 214 g/mol. The SMILES string of the molecule is CC1=CC(=O)C[C@@H](CCc2ccccc2)C1. The van der Waals surface area contributed by atoms with E-state index in [0.29, 0.717) is 11.7 Å². The molecule has 1 aromatic carbocycles. The Labute approximate surface area is 97.2 Å².